The third kappa shape index (κ3) is 2.85. The number of nitrogen functional groups attached to an aromatic ring is 1. The number of nitrogens with two attached hydrogens (primary N) is 1. The smallest absolute Gasteiger partial charge is 0.209 e. The standard InChI is InChI=1S/C11H12N4OS/c1-8-2-4-9(5-3-8)10(16)6-17-11-14-13-7-15(11)12/h2-5,7H,6,12H2,1H3. The normalized spacial score (nSPS) is 10.4. The van der Waals surface area contributed by atoms with Gasteiger partial charge in [-0.25, -0.2) is 4.68 Å². The third-order valence-corrected chi connectivity index (χ3v) is 3.20. The number of nitrogens with zero attached hydrogens (tertiary/aromatic N) is 3. The SMILES string of the molecule is Cc1ccc(C(=O)CSc2nncn2N)cc1. The van der Waals surface area contributed by atoms with E-state index in [2.05, 4.69) is 10.2 Å². The van der Waals surface area contributed by atoms with Crippen LogP contribution < -0.4 is 5.84 Å². The van der Waals surface area contributed by atoms with E-state index in [1.807, 2.05) is 31.2 Å². The van der Waals surface area contributed by atoms with Crippen molar-refractivity contribution in [1.29, 1.82) is 0 Å². The fourth-order valence-electron chi connectivity index (χ4n) is 1.29. The first-order valence-electron chi connectivity index (χ1n) is 5.04. The summed E-state index contributed by atoms with van der Waals surface area (Å²) in [4.78, 5) is 11.8. The summed E-state index contributed by atoms with van der Waals surface area (Å²) in [6.07, 6.45) is 1.40. The van der Waals surface area contributed by atoms with Crippen LogP contribution in [0, 0.1) is 6.92 Å². The van der Waals surface area contributed by atoms with E-state index in [9.17, 15) is 4.79 Å². The van der Waals surface area contributed by atoms with Gasteiger partial charge in [-0.2, -0.15) is 0 Å². The molecule has 0 aliphatic carbocycles. The summed E-state index contributed by atoms with van der Waals surface area (Å²) >= 11 is 1.28. The Labute approximate surface area is 103 Å². The number of hydrogen-bond donors (Lipinski definition) is 1. The lowest BCUT2D eigenvalue weighted by Gasteiger charge is -2.01. The van der Waals surface area contributed by atoms with Crippen LogP contribution in [0.15, 0.2) is 35.7 Å². The van der Waals surface area contributed by atoms with Crippen molar-refractivity contribution in [2.45, 2.75) is 12.1 Å². The van der Waals surface area contributed by atoms with Crippen molar-refractivity contribution in [1.82, 2.24) is 14.9 Å². The van der Waals surface area contributed by atoms with Crippen LogP contribution in [-0.2, 0) is 0 Å². The van der Waals surface area contributed by atoms with E-state index in [1.165, 1.54) is 22.8 Å². The van der Waals surface area contributed by atoms with Gasteiger partial charge in [0.15, 0.2) is 5.78 Å². The molecule has 1 aromatic heterocycles. The van der Waals surface area contributed by atoms with E-state index in [-0.39, 0.29) is 5.78 Å². The average Bonchev–Trinajstić information content (AvgIpc) is 2.73. The lowest BCUT2D eigenvalue weighted by atomic mass is 10.1. The van der Waals surface area contributed by atoms with Crippen LogP contribution in [0.1, 0.15) is 15.9 Å². The van der Waals surface area contributed by atoms with Gasteiger partial charge < -0.3 is 5.84 Å². The maximum Gasteiger partial charge on any atom is 0.209 e. The monoisotopic (exact) mass is 248 g/mol. The van der Waals surface area contributed by atoms with Gasteiger partial charge in [-0.15, -0.1) is 10.2 Å². The molecule has 0 bridgehead atoms. The first-order valence-corrected chi connectivity index (χ1v) is 6.03. The molecule has 0 radical (unpaired) electrons. The Kier molecular flexibility index (Phi) is 3.43. The van der Waals surface area contributed by atoms with E-state index in [1.54, 1.807) is 0 Å². The Balaban J connectivity index is 1.98. The van der Waals surface area contributed by atoms with E-state index in [4.69, 9.17) is 5.84 Å². The molecule has 5 nitrogen and oxygen atoms in total. The number of thioether (sulfide) groups is 1. The molecule has 88 valence electrons. The molecule has 1 aromatic carbocycles. The number of ketones is 1. The fourth-order valence-corrected chi connectivity index (χ4v) is 2.02. The molecule has 0 amide bonds. The summed E-state index contributed by atoms with van der Waals surface area (Å²) in [6.45, 7) is 1.99. The van der Waals surface area contributed by atoms with Crippen LogP contribution in [0.4, 0.5) is 0 Å². The van der Waals surface area contributed by atoms with Crippen LogP contribution in [0.3, 0.4) is 0 Å². The zero-order valence-electron chi connectivity index (χ0n) is 9.33. The lowest BCUT2D eigenvalue weighted by molar-refractivity contribution is 0.102. The maximum absolute atomic E-state index is 11.8. The van der Waals surface area contributed by atoms with E-state index >= 15 is 0 Å². The van der Waals surface area contributed by atoms with E-state index in [0.29, 0.717) is 16.5 Å². The molecule has 0 fully saturated rings. The minimum absolute atomic E-state index is 0.0537. The topological polar surface area (TPSA) is 73.8 Å². The van der Waals surface area contributed by atoms with Gasteiger partial charge in [0.2, 0.25) is 5.16 Å². The van der Waals surface area contributed by atoms with Gasteiger partial charge >= 0.3 is 0 Å². The van der Waals surface area contributed by atoms with Gasteiger partial charge in [0, 0.05) is 5.56 Å². The Morgan fingerprint density at radius 1 is 1.41 bits per heavy atom. The highest BCUT2D eigenvalue weighted by molar-refractivity contribution is 7.99. The van der Waals surface area contributed by atoms with E-state index in [0.717, 1.165) is 5.56 Å². The van der Waals surface area contributed by atoms with Gasteiger partial charge in [0.05, 0.1) is 5.75 Å². The quantitative estimate of drug-likeness (QED) is 0.501. The molecule has 0 unspecified atom stereocenters. The van der Waals surface area contributed by atoms with Crippen molar-refractivity contribution in [3.63, 3.8) is 0 Å². The molecular weight excluding hydrogens is 236 g/mol. The zero-order valence-corrected chi connectivity index (χ0v) is 10.1. The first kappa shape index (κ1) is 11.7. The van der Waals surface area contributed by atoms with Crippen molar-refractivity contribution in [2.75, 3.05) is 11.6 Å². The molecule has 2 aromatic rings. The second kappa shape index (κ2) is 5.01. The summed E-state index contributed by atoms with van der Waals surface area (Å²) in [7, 11) is 0. The first-order chi connectivity index (χ1) is 8.16. The molecule has 17 heavy (non-hydrogen) atoms. The van der Waals surface area contributed by atoms with Crippen LogP contribution in [0.2, 0.25) is 0 Å². The Bertz CT molecular complexity index is 521. The summed E-state index contributed by atoms with van der Waals surface area (Å²) in [5.41, 5.74) is 1.84. The number of aromatic nitrogens is 3. The molecule has 1 heterocycles. The second-order valence-corrected chi connectivity index (χ2v) is 4.54. The number of carbonyl (C=O) groups excluding carboxylic acids is 1. The maximum atomic E-state index is 11.8. The summed E-state index contributed by atoms with van der Waals surface area (Å²) in [5, 5.41) is 7.97. The lowest BCUT2D eigenvalue weighted by Crippen LogP contribution is -2.09. The van der Waals surface area contributed by atoms with Crippen LogP contribution in [0.5, 0.6) is 0 Å². The van der Waals surface area contributed by atoms with Crippen LogP contribution >= 0.6 is 11.8 Å². The Morgan fingerprint density at radius 3 is 2.71 bits per heavy atom. The van der Waals surface area contributed by atoms with E-state index < -0.39 is 0 Å². The Morgan fingerprint density at radius 2 is 2.12 bits per heavy atom. The minimum Gasteiger partial charge on any atom is -0.336 e. The number of Topliss-reactive ketones (excluding diaryl/α,β-unsaturated/α-hetero) is 1. The molecule has 0 atom stereocenters. The van der Waals surface area contributed by atoms with Gasteiger partial charge in [0.1, 0.15) is 6.33 Å². The highest BCUT2D eigenvalue weighted by Gasteiger charge is 2.09. The molecule has 0 saturated carbocycles. The number of carbonyl (C=O) groups is 1. The molecule has 2 N–H and O–H groups in total. The summed E-state index contributed by atoms with van der Waals surface area (Å²) < 4.78 is 1.30. The molecule has 6 heteroatoms. The predicted octanol–water partition coefficient (Wildman–Crippen LogP) is 1.28. The molecule has 2 rings (SSSR count). The predicted molar refractivity (Wildman–Crippen MR) is 66.4 cm³/mol. The highest BCUT2D eigenvalue weighted by atomic mass is 32.2. The fraction of sp³-hybridized carbons (Fsp3) is 0.182. The molecule has 0 aliphatic heterocycles. The van der Waals surface area contributed by atoms with Gasteiger partial charge in [-0.1, -0.05) is 41.6 Å². The molecular formula is C11H12N4OS. The Hall–Kier alpha value is -1.82. The number of aryl methyl sites for hydroxylation is 1. The molecule has 0 aliphatic rings. The van der Waals surface area contributed by atoms with Crippen molar-refractivity contribution in [3.8, 4) is 0 Å². The van der Waals surface area contributed by atoms with Crippen LogP contribution in [0.25, 0.3) is 0 Å². The third-order valence-electron chi connectivity index (χ3n) is 2.25. The van der Waals surface area contributed by atoms with Crippen molar-refractivity contribution < 1.29 is 4.79 Å². The van der Waals surface area contributed by atoms with Crippen molar-refractivity contribution >= 4 is 17.5 Å². The highest BCUT2D eigenvalue weighted by Crippen LogP contribution is 2.15. The van der Waals surface area contributed by atoms with Crippen molar-refractivity contribution in [3.05, 3.63) is 41.7 Å². The summed E-state index contributed by atoms with van der Waals surface area (Å²) in [5.74, 6) is 5.90. The van der Waals surface area contributed by atoms with Gasteiger partial charge in [0.25, 0.3) is 0 Å². The van der Waals surface area contributed by atoms with Crippen molar-refractivity contribution in [2.24, 2.45) is 0 Å². The van der Waals surface area contributed by atoms with Gasteiger partial charge in [-0.3, -0.25) is 4.79 Å². The number of hydrogen-bond acceptors (Lipinski definition) is 5. The largest absolute Gasteiger partial charge is 0.336 e. The number of rotatable bonds is 4. The zero-order chi connectivity index (χ0) is 12.3. The molecule has 0 spiro atoms. The second-order valence-electron chi connectivity index (χ2n) is 3.60. The minimum atomic E-state index is 0.0537. The number of benzene rings is 1. The summed E-state index contributed by atoms with van der Waals surface area (Å²) in [6, 6.07) is 7.49. The van der Waals surface area contributed by atoms with Crippen LogP contribution in [-0.4, -0.2) is 26.4 Å². The average molecular weight is 248 g/mol. The van der Waals surface area contributed by atoms with Gasteiger partial charge in [-0.05, 0) is 6.92 Å². The molecule has 0 saturated heterocycles.